The van der Waals surface area contributed by atoms with Crippen molar-refractivity contribution in [1.29, 1.82) is 0 Å². The van der Waals surface area contributed by atoms with Gasteiger partial charge in [0.15, 0.2) is 0 Å². The lowest BCUT2D eigenvalue weighted by Gasteiger charge is -1.90. The van der Waals surface area contributed by atoms with E-state index >= 15 is 0 Å². The maximum atomic E-state index is 5.43. The molecular weight excluding hydrogens is 252 g/mol. The molecule has 0 saturated heterocycles. The van der Waals surface area contributed by atoms with E-state index in [1.807, 2.05) is 6.92 Å². The first-order valence-electron chi connectivity index (χ1n) is 3.64. The number of rotatable bonds is 1. The van der Waals surface area contributed by atoms with E-state index in [1.165, 1.54) is 5.56 Å². The molecule has 0 atom stereocenters. The fourth-order valence-electron chi connectivity index (χ4n) is 0.999. The third-order valence-electron chi connectivity index (χ3n) is 1.66. The molecule has 2 aromatic heterocycles. The molecule has 0 bridgehead atoms. The molecule has 0 spiro atoms. The smallest absolute Gasteiger partial charge is 0.222 e. The number of anilines is 1. The Labute approximate surface area is 87.7 Å². The Morgan fingerprint density at radius 1 is 1.62 bits per heavy atom. The normalized spacial score (nSPS) is 10.6. The van der Waals surface area contributed by atoms with Crippen LogP contribution in [0.4, 0.5) is 5.88 Å². The van der Waals surface area contributed by atoms with E-state index in [0.717, 1.165) is 15.0 Å². The van der Waals surface area contributed by atoms with Gasteiger partial charge in [0.2, 0.25) is 5.88 Å². The molecular formula is C8H7BrN2OS. The predicted octanol–water partition coefficient (Wildman–Crippen LogP) is 3.06. The predicted molar refractivity (Wildman–Crippen MR) is 56.7 cm³/mol. The Morgan fingerprint density at radius 2 is 2.38 bits per heavy atom. The second-order valence-electron chi connectivity index (χ2n) is 2.68. The summed E-state index contributed by atoms with van der Waals surface area (Å²) in [4.78, 5) is 1.05. The summed E-state index contributed by atoms with van der Waals surface area (Å²) >= 11 is 5.10. The maximum Gasteiger partial charge on any atom is 0.222 e. The highest BCUT2D eigenvalue weighted by Gasteiger charge is 2.11. The van der Waals surface area contributed by atoms with Crippen LogP contribution in [0.25, 0.3) is 10.6 Å². The van der Waals surface area contributed by atoms with Crippen LogP contribution in [0, 0.1) is 6.92 Å². The van der Waals surface area contributed by atoms with E-state index in [4.69, 9.17) is 10.3 Å². The van der Waals surface area contributed by atoms with Gasteiger partial charge in [-0.1, -0.05) is 5.16 Å². The summed E-state index contributed by atoms with van der Waals surface area (Å²) in [5.74, 6) is 0.341. The van der Waals surface area contributed by atoms with Gasteiger partial charge < -0.3 is 10.3 Å². The second kappa shape index (κ2) is 3.16. The molecule has 3 nitrogen and oxygen atoms in total. The molecule has 0 aromatic carbocycles. The van der Waals surface area contributed by atoms with Gasteiger partial charge in [0.1, 0.15) is 5.69 Å². The first-order chi connectivity index (χ1) is 6.18. The number of nitrogens with two attached hydrogens (primary N) is 1. The minimum Gasteiger partial charge on any atom is -0.368 e. The van der Waals surface area contributed by atoms with Crippen LogP contribution in [0.5, 0.6) is 0 Å². The number of hydrogen-bond donors (Lipinski definition) is 1. The summed E-state index contributed by atoms with van der Waals surface area (Å²) in [7, 11) is 0. The van der Waals surface area contributed by atoms with Crippen molar-refractivity contribution in [2.45, 2.75) is 6.92 Å². The van der Waals surface area contributed by atoms with E-state index in [2.05, 4.69) is 26.5 Å². The minimum absolute atomic E-state index is 0.341. The lowest BCUT2D eigenvalue weighted by atomic mass is 10.3. The summed E-state index contributed by atoms with van der Waals surface area (Å²) in [6.45, 7) is 2.04. The average Bonchev–Trinajstić information content (AvgIpc) is 2.62. The minimum atomic E-state index is 0.341. The van der Waals surface area contributed by atoms with Crippen LogP contribution in [0.1, 0.15) is 5.56 Å². The molecule has 0 saturated carbocycles. The van der Waals surface area contributed by atoms with E-state index in [0.29, 0.717) is 5.88 Å². The molecule has 2 aromatic rings. The van der Waals surface area contributed by atoms with E-state index in [-0.39, 0.29) is 0 Å². The van der Waals surface area contributed by atoms with Gasteiger partial charge in [0, 0.05) is 10.5 Å². The van der Waals surface area contributed by atoms with Crippen molar-refractivity contribution in [3.63, 3.8) is 0 Å². The third kappa shape index (κ3) is 1.49. The largest absolute Gasteiger partial charge is 0.368 e. The molecule has 0 radical (unpaired) electrons. The Hall–Kier alpha value is -0.810. The molecule has 2 rings (SSSR count). The van der Waals surface area contributed by atoms with Crippen LogP contribution in [-0.4, -0.2) is 5.16 Å². The Balaban J connectivity index is 2.52. The van der Waals surface area contributed by atoms with E-state index in [9.17, 15) is 0 Å². The maximum absolute atomic E-state index is 5.43. The van der Waals surface area contributed by atoms with Crippen molar-refractivity contribution < 1.29 is 4.52 Å². The molecule has 0 amide bonds. The van der Waals surface area contributed by atoms with E-state index < -0.39 is 0 Å². The molecule has 68 valence electrons. The molecule has 0 aliphatic heterocycles. The number of aromatic nitrogens is 1. The van der Waals surface area contributed by atoms with Gasteiger partial charge in [-0.25, -0.2) is 0 Å². The summed E-state index contributed by atoms with van der Waals surface area (Å²) < 4.78 is 5.86. The van der Waals surface area contributed by atoms with Gasteiger partial charge in [0.05, 0.1) is 4.88 Å². The van der Waals surface area contributed by atoms with Crippen molar-refractivity contribution in [3.8, 4) is 10.6 Å². The van der Waals surface area contributed by atoms with Crippen LogP contribution < -0.4 is 5.73 Å². The van der Waals surface area contributed by atoms with Gasteiger partial charge in [-0.3, -0.25) is 0 Å². The third-order valence-corrected chi connectivity index (χ3v) is 4.06. The number of halogens is 1. The molecule has 2 heterocycles. The Kier molecular flexibility index (Phi) is 2.13. The summed E-state index contributed by atoms with van der Waals surface area (Å²) in [6, 6.07) is 1.72. The molecule has 0 fully saturated rings. The van der Waals surface area contributed by atoms with Crippen LogP contribution in [0.15, 0.2) is 20.4 Å². The molecule has 2 N–H and O–H groups in total. The highest BCUT2D eigenvalue weighted by Crippen LogP contribution is 2.36. The van der Waals surface area contributed by atoms with E-state index in [1.54, 1.807) is 17.4 Å². The van der Waals surface area contributed by atoms with Crippen LogP contribution in [-0.2, 0) is 0 Å². The van der Waals surface area contributed by atoms with Crippen LogP contribution >= 0.6 is 27.3 Å². The quantitative estimate of drug-likeness (QED) is 0.856. The van der Waals surface area contributed by atoms with Gasteiger partial charge in [0.25, 0.3) is 0 Å². The zero-order valence-corrected chi connectivity index (χ0v) is 9.28. The number of nitrogens with zero attached hydrogens (tertiary/aromatic N) is 1. The molecule has 0 unspecified atom stereocenters. The fraction of sp³-hybridized carbons (Fsp3) is 0.125. The standard InChI is InChI=1S/C8H7BrN2OS/c1-4-3-13-8(7(4)9)5-2-6(10)12-11-5/h2-3H,10H2,1H3. The van der Waals surface area contributed by atoms with Crippen molar-refractivity contribution in [3.05, 3.63) is 21.5 Å². The second-order valence-corrected chi connectivity index (χ2v) is 4.35. The number of hydrogen-bond acceptors (Lipinski definition) is 4. The average molecular weight is 259 g/mol. The number of aryl methyl sites for hydroxylation is 1. The van der Waals surface area contributed by atoms with Crippen LogP contribution in [0.2, 0.25) is 0 Å². The van der Waals surface area contributed by atoms with Crippen molar-refractivity contribution >= 4 is 33.2 Å². The highest BCUT2D eigenvalue weighted by molar-refractivity contribution is 9.10. The van der Waals surface area contributed by atoms with Gasteiger partial charge >= 0.3 is 0 Å². The van der Waals surface area contributed by atoms with Crippen molar-refractivity contribution in [2.75, 3.05) is 5.73 Å². The van der Waals surface area contributed by atoms with Gasteiger partial charge in [-0.2, -0.15) is 0 Å². The SMILES string of the molecule is Cc1csc(-c2cc(N)on2)c1Br. The molecule has 13 heavy (non-hydrogen) atoms. The van der Waals surface area contributed by atoms with Crippen molar-refractivity contribution in [1.82, 2.24) is 5.16 Å². The Bertz CT molecular complexity index is 435. The number of nitrogen functional groups attached to an aromatic ring is 1. The lowest BCUT2D eigenvalue weighted by Crippen LogP contribution is -1.76. The molecule has 5 heteroatoms. The first-order valence-corrected chi connectivity index (χ1v) is 5.32. The Morgan fingerprint density at radius 3 is 2.85 bits per heavy atom. The summed E-state index contributed by atoms with van der Waals surface area (Å²) in [6.07, 6.45) is 0. The van der Waals surface area contributed by atoms with Crippen LogP contribution in [0.3, 0.4) is 0 Å². The lowest BCUT2D eigenvalue weighted by molar-refractivity contribution is 0.439. The highest BCUT2D eigenvalue weighted by atomic mass is 79.9. The molecule has 0 aliphatic rings. The fourth-order valence-corrected chi connectivity index (χ4v) is 2.64. The summed E-state index contributed by atoms with van der Waals surface area (Å²) in [5, 5.41) is 5.90. The van der Waals surface area contributed by atoms with Gasteiger partial charge in [-0.05, 0) is 33.8 Å². The topological polar surface area (TPSA) is 52.0 Å². The monoisotopic (exact) mass is 258 g/mol. The van der Waals surface area contributed by atoms with Gasteiger partial charge in [-0.15, -0.1) is 11.3 Å². The zero-order valence-electron chi connectivity index (χ0n) is 6.87. The molecule has 0 aliphatic carbocycles. The first kappa shape index (κ1) is 8.77. The number of thiophene rings is 1. The zero-order chi connectivity index (χ0) is 9.42. The summed E-state index contributed by atoms with van der Waals surface area (Å²) in [5.41, 5.74) is 7.41. The van der Waals surface area contributed by atoms with Crippen molar-refractivity contribution in [2.24, 2.45) is 0 Å².